The van der Waals surface area contributed by atoms with E-state index in [2.05, 4.69) is 20.2 Å². The molecule has 0 unspecified atom stereocenters. The lowest BCUT2D eigenvalue weighted by Gasteiger charge is -2.02. The number of fused-ring (bicyclic) bond motifs is 1. The van der Waals surface area contributed by atoms with E-state index >= 15 is 0 Å². The van der Waals surface area contributed by atoms with Gasteiger partial charge in [-0.05, 0) is 44.5 Å². The van der Waals surface area contributed by atoms with Crippen LogP contribution in [-0.4, -0.2) is 35.6 Å². The van der Waals surface area contributed by atoms with Crippen molar-refractivity contribution in [3.8, 4) is 17.1 Å². The molecule has 8 nitrogen and oxygen atoms in total. The van der Waals surface area contributed by atoms with Gasteiger partial charge < -0.3 is 10.7 Å². The number of H-pyrrole nitrogens is 1. The van der Waals surface area contributed by atoms with Gasteiger partial charge in [-0.25, -0.2) is 18.6 Å². The molecule has 0 radical (unpaired) electrons. The van der Waals surface area contributed by atoms with Crippen LogP contribution in [-0.2, 0) is 6.42 Å². The van der Waals surface area contributed by atoms with Crippen LogP contribution in [0.4, 0.5) is 10.2 Å². The molecule has 4 rings (SSSR count). The molecule has 0 amide bonds. The molecule has 9 heteroatoms. The summed E-state index contributed by atoms with van der Waals surface area (Å²) in [6.45, 7) is 5.58. The largest absolute Gasteiger partial charge is 0.385 e. The van der Waals surface area contributed by atoms with Crippen molar-refractivity contribution in [2.24, 2.45) is 0 Å². The van der Waals surface area contributed by atoms with E-state index in [9.17, 15) is 9.18 Å². The SMILES string of the molecule is CCc1c(-c2ccc(F)cc2)nn2ccnc(-n3nc(C)c(C=O)c3C)cc(N)[nH]c12. The van der Waals surface area contributed by atoms with Crippen molar-refractivity contribution in [3.63, 3.8) is 0 Å². The van der Waals surface area contributed by atoms with Crippen molar-refractivity contribution in [1.29, 1.82) is 0 Å². The number of aromatic nitrogens is 6. The number of aromatic amines is 1. The zero-order valence-corrected chi connectivity index (χ0v) is 17.4. The predicted molar refractivity (Wildman–Crippen MR) is 116 cm³/mol. The number of carbonyl (C=O) groups excluding carboxylic acids is 1. The molecule has 31 heavy (non-hydrogen) atoms. The molecule has 3 heterocycles. The Kier molecular flexibility index (Phi) is 5.24. The molecule has 0 saturated carbocycles. The minimum absolute atomic E-state index is 0.301. The minimum atomic E-state index is -0.301. The summed E-state index contributed by atoms with van der Waals surface area (Å²) < 4.78 is 16.6. The molecule has 1 aromatic carbocycles. The molecule has 4 aromatic rings. The first-order valence-electron chi connectivity index (χ1n) is 9.80. The molecule has 0 aliphatic rings. The van der Waals surface area contributed by atoms with E-state index in [4.69, 9.17) is 5.73 Å². The molecule has 158 valence electrons. The maximum atomic E-state index is 13.4. The maximum Gasteiger partial charge on any atom is 0.157 e. The lowest BCUT2D eigenvalue weighted by atomic mass is 10.1. The fraction of sp³-hybridized carbons (Fsp3) is 0.182. The van der Waals surface area contributed by atoms with E-state index in [0.29, 0.717) is 40.7 Å². The molecule has 0 bridgehead atoms. The number of hydrogen-bond donors (Lipinski definition) is 2. The average molecular weight is 419 g/mol. The van der Waals surface area contributed by atoms with Crippen molar-refractivity contribution in [2.75, 3.05) is 5.73 Å². The highest BCUT2D eigenvalue weighted by Gasteiger charge is 2.15. The summed E-state index contributed by atoms with van der Waals surface area (Å²) in [6.07, 6.45) is 4.76. The molecule has 0 saturated heterocycles. The number of rotatable bonds is 4. The molecular weight excluding hydrogens is 397 g/mol. The second-order valence-electron chi connectivity index (χ2n) is 7.11. The standard InChI is InChI=1S/C22H22FN7O/c1-4-17-21(15-5-7-16(23)8-6-15)28-29-10-9-25-20(11-19(24)26-22(17)29)30-14(3)18(12-31)13(2)27-30/h5-12,26H,4,24H2,1-3H3. The second kappa shape index (κ2) is 8.02. The normalized spacial score (nSPS) is 11.0. The Morgan fingerprint density at radius 1 is 1.19 bits per heavy atom. The van der Waals surface area contributed by atoms with Crippen LogP contribution in [0.1, 0.15) is 34.2 Å². The highest BCUT2D eigenvalue weighted by molar-refractivity contribution is 5.78. The van der Waals surface area contributed by atoms with Gasteiger partial charge in [-0.2, -0.15) is 10.2 Å². The van der Waals surface area contributed by atoms with Crippen LogP contribution in [0.2, 0.25) is 0 Å². The molecule has 0 spiro atoms. The number of carbonyl (C=O) groups is 1. The molecule has 0 aliphatic carbocycles. The number of nitrogens with zero attached hydrogens (tertiary/aromatic N) is 5. The van der Waals surface area contributed by atoms with Gasteiger partial charge in [0.2, 0.25) is 0 Å². The van der Waals surface area contributed by atoms with Gasteiger partial charge in [0.25, 0.3) is 0 Å². The van der Waals surface area contributed by atoms with Gasteiger partial charge in [-0.15, -0.1) is 0 Å². The monoisotopic (exact) mass is 419 g/mol. The first-order valence-corrected chi connectivity index (χ1v) is 9.80. The number of anilines is 1. The van der Waals surface area contributed by atoms with E-state index in [1.165, 1.54) is 12.1 Å². The number of nitrogen functional groups attached to an aromatic ring is 1. The van der Waals surface area contributed by atoms with Crippen LogP contribution < -0.4 is 5.73 Å². The van der Waals surface area contributed by atoms with Crippen LogP contribution in [0.25, 0.3) is 22.7 Å². The van der Waals surface area contributed by atoms with Gasteiger partial charge in [0.1, 0.15) is 17.3 Å². The third-order valence-electron chi connectivity index (χ3n) is 5.12. The summed E-state index contributed by atoms with van der Waals surface area (Å²) in [6, 6.07) is 7.87. The minimum Gasteiger partial charge on any atom is -0.385 e. The van der Waals surface area contributed by atoms with Crippen molar-refractivity contribution < 1.29 is 9.18 Å². The van der Waals surface area contributed by atoms with Gasteiger partial charge in [0.15, 0.2) is 12.1 Å². The van der Waals surface area contributed by atoms with Crippen LogP contribution in [0, 0.1) is 19.7 Å². The van der Waals surface area contributed by atoms with Crippen LogP contribution in [0.15, 0.2) is 42.7 Å². The molecule has 3 N–H and O–H groups in total. The van der Waals surface area contributed by atoms with Gasteiger partial charge in [-0.3, -0.25) is 4.79 Å². The van der Waals surface area contributed by atoms with E-state index in [1.807, 2.05) is 6.92 Å². The van der Waals surface area contributed by atoms with Crippen molar-refractivity contribution in [2.45, 2.75) is 27.2 Å². The number of benzene rings is 1. The fourth-order valence-electron chi connectivity index (χ4n) is 3.57. The van der Waals surface area contributed by atoms with E-state index in [0.717, 1.165) is 23.1 Å². The number of hydrogen-bond acceptors (Lipinski definition) is 5. The van der Waals surface area contributed by atoms with Crippen LogP contribution in [0.3, 0.4) is 0 Å². The van der Waals surface area contributed by atoms with Crippen LogP contribution >= 0.6 is 0 Å². The molecular formula is C22H22FN7O. The van der Waals surface area contributed by atoms with Crippen LogP contribution in [0.5, 0.6) is 0 Å². The van der Waals surface area contributed by atoms with E-state index in [-0.39, 0.29) is 5.82 Å². The van der Waals surface area contributed by atoms with E-state index in [1.54, 1.807) is 53.6 Å². The lowest BCUT2D eigenvalue weighted by molar-refractivity contribution is 0.112. The summed E-state index contributed by atoms with van der Waals surface area (Å²) in [5.74, 6) is 0.492. The molecule has 0 fully saturated rings. The Morgan fingerprint density at radius 3 is 2.58 bits per heavy atom. The van der Waals surface area contributed by atoms with Gasteiger partial charge in [0, 0.05) is 29.6 Å². The summed E-state index contributed by atoms with van der Waals surface area (Å²) in [4.78, 5) is 19.0. The Hall–Kier alpha value is -4.01. The summed E-state index contributed by atoms with van der Waals surface area (Å²) in [7, 11) is 0. The Morgan fingerprint density at radius 2 is 1.94 bits per heavy atom. The third kappa shape index (κ3) is 3.65. The Bertz CT molecular complexity index is 1330. The Labute approximate surface area is 177 Å². The topological polar surface area (TPSA) is 107 Å². The fourth-order valence-corrected chi connectivity index (χ4v) is 3.57. The first kappa shape index (κ1) is 20.3. The van der Waals surface area contributed by atoms with Gasteiger partial charge in [-0.1, -0.05) is 6.92 Å². The predicted octanol–water partition coefficient (Wildman–Crippen LogP) is 3.75. The summed E-state index contributed by atoms with van der Waals surface area (Å²) in [5, 5.41) is 9.08. The van der Waals surface area contributed by atoms with Gasteiger partial charge in [0.05, 0.1) is 22.6 Å². The maximum absolute atomic E-state index is 13.4. The van der Waals surface area contributed by atoms with Crippen molar-refractivity contribution in [1.82, 2.24) is 29.4 Å². The molecule has 3 aromatic heterocycles. The smallest absolute Gasteiger partial charge is 0.157 e. The average Bonchev–Trinajstić information content (AvgIpc) is 3.25. The van der Waals surface area contributed by atoms with Crippen molar-refractivity contribution in [3.05, 3.63) is 71.1 Å². The Balaban J connectivity index is 1.93. The van der Waals surface area contributed by atoms with E-state index < -0.39 is 0 Å². The molecule has 0 aliphatic heterocycles. The lowest BCUT2D eigenvalue weighted by Crippen LogP contribution is -2.02. The summed E-state index contributed by atoms with van der Waals surface area (Å²) in [5.41, 5.74) is 11.3. The highest BCUT2D eigenvalue weighted by Crippen LogP contribution is 2.26. The number of aldehydes is 1. The van der Waals surface area contributed by atoms with Gasteiger partial charge >= 0.3 is 0 Å². The highest BCUT2D eigenvalue weighted by atomic mass is 19.1. The quantitative estimate of drug-likeness (QED) is 0.490. The number of nitrogens with two attached hydrogens (primary N) is 1. The molecule has 0 atom stereocenters. The first-order chi connectivity index (χ1) is 14.9. The zero-order valence-electron chi connectivity index (χ0n) is 17.4. The zero-order chi connectivity index (χ0) is 22.1. The van der Waals surface area contributed by atoms with Crippen molar-refractivity contribution >= 4 is 17.8 Å². The number of halogens is 1. The second-order valence-corrected chi connectivity index (χ2v) is 7.11. The summed E-state index contributed by atoms with van der Waals surface area (Å²) >= 11 is 0. The number of nitrogens with one attached hydrogen (secondary N) is 1. The third-order valence-corrected chi connectivity index (χ3v) is 5.12. The number of aryl methyl sites for hydroxylation is 2.